The van der Waals surface area contributed by atoms with Gasteiger partial charge in [0.15, 0.2) is 11.5 Å². The second-order valence-corrected chi connectivity index (χ2v) is 6.92. The van der Waals surface area contributed by atoms with E-state index in [4.69, 9.17) is 25.5 Å². The SMILES string of the molecule is CC(Sc1nnc(-c2ccc3c(c2)OCO3)o1)c1ccccc1Cl. The van der Waals surface area contributed by atoms with Gasteiger partial charge in [-0.3, -0.25) is 0 Å². The maximum Gasteiger partial charge on any atom is 0.277 e. The molecule has 7 heteroatoms. The van der Waals surface area contributed by atoms with Gasteiger partial charge in [0.25, 0.3) is 5.22 Å². The second kappa shape index (κ2) is 6.37. The lowest BCUT2D eigenvalue weighted by atomic mass is 10.2. The molecule has 122 valence electrons. The second-order valence-electron chi connectivity index (χ2n) is 5.22. The fourth-order valence-corrected chi connectivity index (χ4v) is 3.64. The Morgan fingerprint density at radius 1 is 1.08 bits per heavy atom. The van der Waals surface area contributed by atoms with Gasteiger partial charge in [0.2, 0.25) is 12.7 Å². The quantitative estimate of drug-likeness (QED) is 0.612. The smallest absolute Gasteiger partial charge is 0.277 e. The minimum Gasteiger partial charge on any atom is -0.454 e. The van der Waals surface area contributed by atoms with Crippen LogP contribution in [0.4, 0.5) is 0 Å². The first-order valence-corrected chi connectivity index (χ1v) is 8.61. The Labute approximate surface area is 147 Å². The average molecular weight is 361 g/mol. The summed E-state index contributed by atoms with van der Waals surface area (Å²) in [5.74, 6) is 1.85. The zero-order valence-electron chi connectivity index (χ0n) is 12.7. The van der Waals surface area contributed by atoms with Gasteiger partial charge in [-0.1, -0.05) is 41.6 Å². The van der Waals surface area contributed by atoms with Crippen LogP contribution in [-0.4, -0.2) is 17.0 Å². The third-order valence-electron chi connectivity index (χ3n) is 3.65. The molecule has 3 aromatic rings. The molecule has 0 aliphatic carbocycles. The molecule has 2 heterocycles. The first-order chi connectivity index (χ1) is 11.7. The van der Waals surface area contributed by atoms with Gasteiger partial charge in [0.1, 0.15) is 0 Å². The maximum atomic E-state index is 6.23. The molecule has 0 fully saturated rings. The lowest BCUT2D eigenvalue weighted by Crippen LogP contribution is -1.92. The van der Waals surface area contributed by atoms with E-state index < -0.39 is 0 Å². The molecule has 5 nitrogen and oxygen atoms in total. The van der Waals surface area contributed by atoms with E-state index >= 15 is 0 Å². The topological polar surface area (TPSA) is 57.4 Å². The van der Waals surface area contributed by atoms with Crippen LogP contribution in [0.15, 0.2) is 52.1 Å². The summed E-state index contributed by atoms with van der Waals surface area (Å²) in [6, 6.07) is 13.3. The van der Waals surface area contributed by atoms with Crippen molar-refractivity contribution in [3.05, 3.63) is 53.1 Å². The highest BCUT2D eigenvalue weighted by Gasteiger charge is 2.18. The van der Waals surface area contributed by atoms with Crippen molar-refractivity contribution < 1.29 is 13.9 Å². The van der Waals surface area contributed by atoms with E-state index in [2.05, 4.69) is 17.1 Å². The molecule has 0 amide bonds. The zero-order chi connectivity index (χ0) is 16.5. The molecule has 0 saturated heterocycles. The van der Waals surface area contributed by atoms with Crippen LogP contribution in [0.1, 0.15) is 17.7 Å². The fourth-order valence-electron chi connectivity index (χ4n) is 2.42. The van der Waals surface area contributed by atoms with Crippen molar-refractivity contribution in [2.24, 2.45) is 0 Å². The normalized spacial score (nSPS) is 13.9. The summed E-state index contributed by atoms with van der Waals surface area (Å²) >= 11 is 7.71. The number of thioether (sulfide) groups is 1. The first-order valence-electron chi connectivity index (χ1n) is 7.35. The van der Waals surface area contributed by atoms with Gasteiger partial charge in [-0.25, -0.2) is 0 Å². The number of rotatable bonds is 4. The number of halogens is 1. The largest absolute Gasteiger partial charge is 0.454 e. The summed E-state index contributed by atoms with van der Waals surface area (Å²) in [7, 11) is 0. The molecule has 1 aromatic heterocycles. The number of fused-ring (bicyclic) bond motifs is 1. The Morgan fingerprint density at radius 3 is 2.79 bits per heavy atom. The van der Waals surface area contributed by atoms with E-state index in [-0.39, 0.29) is 12.0 Å². The third kappa shape index (κ3) is 2.95. The number of ether oxygens (including phenoxy) is 2. The Balaban J connectivity index is 1.54. The van der Waals surface area contributed by atoms with Gasteiger partial charge in [-0.2, -0.15) is 0 Å². The van der Waals surface area contributed by atoms with Crippen molar-refractivity contribution >= 4 is 23.4 Å². The van der Waals surface area contributed by atoms with Crippen LogP contribution >= 0.6 is 23.4 Å². The number of aromatic nitrogens is 2. The zero-order valence-corrected chi connectivity index (χ0v) is 14.3. The van der Waals surface area contributed by atoms with Crippen LogP contribution < -0.4 is 9.47 Å². The molecule has 1 atom stereocenters. The highest BCUT2D eigenvalue weighted by atomic mass is 35.5. The van der Waals surface area contributed by atoms with Gasteiger partial charge >= 0.3 is 0 Å². The van der Waals surface area contributed by atoms with Crippen LogP contribution in [0.3, 0.4) is 0 Å². The Bertz CT molecular complexity index is 884. The highest BCUT2D eigenvalue weighted by molar-refractivity contribution is 7.99. The van der Waals surface area contributed by atoms with Crippen molar-refractivity contribution in [2.75, 3.05) is 6.79 Å². The Kier molecular flexibility index (Phi) is 4.08. The lowest BCUT2D eigenvalue weighted by molar-refractivity contribution is 0.174. The minimum absolute atomic E-state index is 0.101. The molecule has 0 bridgehead atoms. The number of hydrogen-bond donors (Lipinski definition) is 0. The van der Waals surface area contributed by atoms with Crippen molar-refractivity contribution in [3.8, 4) is 23.0 Å². The van der Waals surface area contributed by atoms with Crippen molar-refractivity contribution in [1.82, 2.24) is 10.2 Å². The van der Waals surface area contributed by atoms with Crippen LogP contribution in [0.25, 0.3) is 11.5 Å². The molecular formula is C17H13ClN2O3S. The number of benzene rings is 2. The van der Waals surface area contributed by atoms with Gasteiger partial charge in [-0.15, -0.1) is 10.2 Å². The first kappa shape index (κ1) is 15.4. The van der Waals surface area contributed by atoms with Crippen LogP contribution in [0.5, 0.6) is 11.5 Å². The fraction of sp³-hybridized carbons (Fsp3) is 0.176. The van der Waals surface area contributed by atoms with E-state index in [0.29, 0.717) is 16.9 Å². The molecule has 1 aliphatic rings. The molecule has 0 saturated carbocycles. The van der Waals surface area contributed by atoms with Gasteiger partial charge in [0.05, 0.1) is 0 Å². The monoisotopic (exact) mass is 360 g/mol. The van der Waals surface area contributed by atoms with Gasteiger partial charge in [-0.05, 0) is 36.8 Å². The van der Waals surface area contributed by atoms with E-state index in [1.54, 1.807) is 0 Å². The lowest BCUT2D eigenvalue weighted by Gasteiger charge is -2.10. The predicted molar refractivity (Wildman–Crippen MR) is 91.6 cm³/mol. The average Bonchev–Trinajstić information content (AvgIpc) is 3.23. The van der Waals surface area contributed by atoms with Gasteiger partial charge in [0, 0.05) is 15.8 Å². The molecule has 0 spiro atoms. The Hall–Kier alpha value is -2.18. The summed E-state index contributed by atoms with van der Waals surface area (Å²) < 4.78 is 16.4. The molecule has 4 rings (SSSR count). The van der Waals surface area contributed by atoms with Crippen molar-refractivity contribution in [3.63, 3.8) is 0 Å². The number of hydrogen-bond acceptors (Lipinski definition) is 6. The van der Waals surface area contributed by atoms with Crippen LogP contribution in [0.2, 0.25) is 5.02 Å². The summed E-state index contributed by atoms with van der Waals surface area (Å²) in [6.07, 6.45) is 0. The minimum atomic E-state index is 0.101. The molecule has 1 aliphatic heterocycles. The molecule has 2 aromatic carbocycles. The predicted octanol–water partition coefficient (Wildman–Crippen LogP) is 4.97. The molecular weight excluding hydrogens is 348 g/mol. The van der Waals surface area contributed by atoms with E-state index in [0.717, 1.165) is 21.9 Å². The standard InChI is InChI=1S/C17H13ClN2O3S/c1-10(12-4-2-3-5-13(12)18)24-17-20-19-16(23-17)11-6-7-14-15(8-11)22-9-21-14/h2-8,10H,9H2,1H3. The number of nitrogens with zero attached hydrogens (tertiary/aromatic N) is 2. The van der Waals surface area contributed by atoms with E-state index in [1.807, 2.05) is 42.5 Å². The molecule has 0 N–H and O–H groups in total. The maximum absolute atomic E-state index is 6.23. The van der Waals surface area contributed by atoms with Crippen LogP contribution in [-0.2, 0) is 0 Å². The highest BCUT2D eigenvalue weighted by Crippen LogP contribution is 2.39. The van der Waals surface area contributed by atoms with Crippen molar-refractivity contribution in [2.45, 2.75) is 17.4 Å². The summed E-state index contributed by atoms with van der Waals surface area (Å²) in [5, 5.41) is 9.55. The third-order valence-corrected chi connectivity index (χ3v) is 4.97. The van der Waals surface area contributed by atoms with Crippen molar-refractivity contribution in [1.29, 1.82) is 0 Å². The Morgan fingerprint density at radius 2 is 1.92 bits per heavy atom. The molecule has 0 radical (unpaired) electrons. The summed E-state index contributed by atoms with van der Waals surface area (Å²) in [6.45, 7) is 2.29. The molecule has 1 unspecified atom stereocenters. The van der Waals surface area contributed by atoms with E-state index in [1.165, 1.54) is 11.8 Å². The molecule has 24 heavy (non-hydrogen) atoms. The van der Waals surface area contributed by atoms with Crippen LogP contribution in [0, 0.1) is 0 Å². The summed E-state index contributed by atoms with van der Waals surface area (Å²) in [4.78, 5) is 0. The summed E-state index contributed by atoms with van der Waals surface area (Å²) in [5.41, 5.74) is 1.83. The van der Waals surface area contributed by atoms with E-state index in [9.17, 15) is 0 Å². The van der Waals surface area contributed by atoms with Gasteiger partial charge < -0.3 is 13.9 Å².